The van der Waals surface area contributed by atoms with Crippen LogP contribution in [0.5, 0.6) is 0 Å². The van der Waals surface area contributed by atoms with Gasteiger partial charge in [0.15, 0.2) is 5.16 Å². The fourth-order valence-corrected chi connectivity index (χ4v) is 4.59. The molecule has 2 aromatic carbocycles. The van der Waals surface area contributed by atoms with Crippen LogP contribution in [0.4, 0.5) is 10.1 Å². The van der Waals surface area contributed by atoms with E-state index in [1.807, 2.05) is 39.8 Å². The maximum absolute atomic E-state index is 13.4. The van der Waals surface area contributed by atoms with E-state index in [1.165, 1.54) is 28.8 Å². The highest BCUT2D eigenvalue weighted by Crippen LogP contribution is 2.24. The Labute approximate surface area is 188 Å². The third kappa shape index (κ3) is 4.31. The average Bonchev–Trinajstić information content (AvgIpc) is 3.11. The summed E-state index contributed by atoms with van der Waals surface area (Å²) in [6.07, 6.45) is 0. The van der Waals surface area contributed by atoms with E-state index in [0.29, 0.717) is 21.9 Å². The number of H-pyrrole nitrogens is 1. The van der Waals surface area contributed by atoms with E-state index in [0.717, 1.165) is 39.8 Å². The Morgan fingerprint density at radius 2 is 1.75 bits per heavy atom. The van der Waals surface area contributed by atoms with Crippen molar-refractivity contribution in [1.82, 2.24) is 14.5 Å². The molecule has 0 aliphatic heterocycles. The lowest BCUT2D eigenvalue weighted by Crippen LogP contribution is -2.23. The summed E-state index contributed by atoms with van der Waals surface area (Å²) < 4.78 is 14.8. The molecule has 2 aromatic heterocycles. The zero-order valence-corrected chi connectivity index (χ0v) is 19.1. The van der Waals surface area contributed by atoms with Gasteiger partial charge >= 0.3 is 0 Å². The summed E-state index contributed by atoms with van der Waals surface area (Å²) in [5.74, 6) is -0.533. The molecule has 0 spiro atoms. The molecule has 8 heteroatoms. The summed E-state index contributed by atoms with van der Waals surface area (Å²) in [4.78, 5) is 33.5. The number of aryl methyl sites for hydroxylation is 4. The van der Waals surface area contributed by atoms with Crippen LogP contribution >= 0.6 is 11.8 Å². The number of hydrogen-bond acceptors (Lipinski definition) is 4. The first-order valence-corrected chi connectivity index (χ1v) is 11.1. The molecule has 2 N–H and O–H groups in total. The Morgan fingerprint density at radius 3 is 2.41 bits per heavy atom. The predicted octanol–water partition coefficient (Wildman–Crippen LogP) is 4.82. The first kappa shape index (κ1) is 21.8. The van der Waals surface area contributed by atoms with Crippen LogP contribution in [0.25, 0.3) is 16.7 Å². The van der Waals surface area contributed by atoms with E-state index in [9.17, 15) is 14.0 Å². The molecule has 4 rings (SSSR count). The minimum Gasteiger partial charge on any atom is -0.353 e. The van der Waals surface area contributed by atoms with Gasteiger partial charge in [-0.3, -0.25) is 14.2 Å². The number of carbonyl (C=O) groups excluding carboxylic acids is 1. The second kappa shape index (κ2) is 8.63. The molecule has 0 unspecified atom stereocenters. The number of aromatic nitrogens is 3. The summed E-state index contributed by atoms with van der Waals surface area (Å²) in [6, 6.07) is 11.4. The van der Waals surface area contributed by atoms with Crippen LogP contribution < -0.4 is 10.9 Å². The Hall–Kier alpha value is -3.39. The lowest BCUT2D eigenvalue weighted by Gasteiger charge is -2.14. The van der Waals surface area contributed by atoms with Gasteiger partial charge in [0.2, 0.25) is 5.91 Å². The molecule has 4 aromatic rings. The van der Waals surface area contributed by atoms with Crippen molar-refractivity contribution in [2.75, 3.05) is 11.1 Å². The third-order valence-electron chi connectivity index (χ3n) is 5.11. The van der Waals surface area contributed by atoms with E-state index >= 15 is 0 Å². The molecular weight excluding hydrogens is 427 g/mol. The first-order valence-electron chi connectivity index (χ1n) is 10.1. The quantitative estimate of drug-likeness (QED) is 0.338. The zero-order chi connectivity index (χ0) is 23.0. The van der Waals surface area contributed by atoms with Gasteiger partial charge in [0.1, 0.15) is 11.3 Å². The maximum Gasteiger partial charge on any atom is 0.283 e. The van der Waals surface area contributed by atoms with Crippen LogP contribution in [0.2, 0.25) is 0 Å². The summed E-state index contributed by atoms with van der Waals surface area (Å²) in [6.45, 7) is 7.77. The number of fused-ring (bicyclic) bond motifs is 1. The number of nitrogens with zero attached hydrogens (tertiary/aromatic N) is 2. The second-order valence-electron chi connectivity index (χ2n) is 7.83. The van der Waals surface area contributed by atoms with E-state index in [4.69, 9.17) is 0 Å². The summed E-state index contributed by atoms with van der Waals surface area (Å²) in [5, 5.41) is 3.33. The van der Waals surface area contributed by atoms with Gasteiger partial charge in [-0.2, -0.15) is 0 Å². The fourth-order valence-electron chi connectivity index (χ4n) is 3.77. The van der Waals surface area contributed by atoms with Crippen LogP contribution in [0, 0.1) is 33.5 Å². The van der Waals surface area contributed by atoms with Crippen molar-refractivity contribution < 1.29 is 9.18 Å². The Kier molecular flexibility index (Phi) is 5.88. The van der Waals surface area contributed by atoms with Crippen LogP contribution in [-0.2, 0) is 4.79 Å². The molecule has 0 saturated carbocycles. The minimum absolute atomic E-state index is 0.0648. The number of rotatable bonds is 5. The highest BCUT2D eigenvalue weighted by molar-refractivity contribution is 7.99. The van der Waals surface area contributed by atoms with Gasteiger partial charge < -0.3 is 10.3 Å². The summed E-state index contributed by atoms with van der Waals surface area (Å²) in [5.41, 5.74) is 5.79. The Morgan fingerprint density at radius 1 is 1.09 bits per heavy atom. The summed E-state index contributed by atoms with van der Waals surface area (Å²) in [7, 11) is 0. The SMILES string of the molecule is Cc1cc(C)c(NC(=O)CSc2nc3cc(C)[nH]c3c(=O)n2-c2ccc(F)cc2)c(C)c1. The van der Waals surface area contributed by atoms with Gasteiger partial charge in [-0.15, -0.1) is 0 Å². The minimum atomic E-state index is -0.399. The number of anilines is 1. The molecule has 0 radical (unpaired) electrons. The molecule has 0 fully saturated rings. The maximum atomic E-state index is 13.4. The van der Waals surface area contributed by atoms with Gasteiger partial charge in [0.05, 0.1) is 17.0 Å². The molecular formula is C24H23FN4O2S. The Balaban J connectivity index is 1.66. The molecule has 0 aliphatic rings. The molecule has 0 aliphatic carbocycles. The number of carbonyl (C=O) groups is 1. The molecule has 1 amide bonds. The van der Waals surface area contributed by atoms with Crippen molar-refractivity contribution >= 4 is 34.4 Å². The monoisotopic (exact) mass is 450 g/mol. The lowest BCUT2D eigenvalue weighted by molar-refractivity contribution is -0.113. The molecule has 164 valence electrons. The normalized spacial score (nSPS) is 11.2. The number of aromatic amines is 1. The van der Waals surface area contributed by atoms with Crippen LogP contribution in [-0.4, -0.2) is 26.2 Å². The van der Waals surface area contributed by atoms with Crippen molar-refractivity contribution in [2.45, 2.75) is 32.9 Å². The van der Waals surface area contributed by atoms with E-state index in [2.05, 4.69) is 15.3 Å². The molecule has 2 heterocycles. The number of halogens is 1. The number of amides is 1. The predicted molar refractivity (Wildman–Crippen MR) is 126 cm³/mol. The number of thioether (sulfide) groups is 1. The van der Waals surface area contributed by atoms with Crippen molar-refractivity contribution in [3.8, 4) is 5.69 Å². The molecule has 6 nitrogen and oxygen atoms in total. The second-order valence-corrected chi connectivity index (χ2v) is 8.78. The largest absolute Gasteiger partial charge is 0.353 e. The topological polar surface area (TPSA) is 79.8 Å². The van der Waals surface area contributed by atoms with Gasteiger partial charge in [-0.1, -0.05) is 29.5 Å². The smallest absolute Gasteiger partial charge is 0.283 e. The van der Waals surface area contributed by atoms with Gasteiger partial charge in [-0.25, -0.2) is 9.37 Å². The Bertz CT molecular complexity index is 1370. The van der Waals surface area contributed by atoms with E-state index in [-0.39, 0.29) is 17.2 Å². The van der Waals surface area contributed by atoms with E-state index in [1.54, 1.807) is 6.07 Å². The van der Waals surface area contributed by atoms with Gasteiger partial charge in [-0.05, 0) is 69.2 Å². The highest BCUT2D eigenvalue weighted by atomic mass is 32.2. The third-order valence-corrected chi connectivity index (χ3v) is 6.05. The van der Waals surface area contributed by atoms with Crippen molar-refractivity contribution in [3.63, 3.8) is 0 Å². The summed E-state index contributed by atoms with van der Waals surface area (Å²) >= 11 is 1.16. The van der Waals surface area contributed by atoms with Crippen molar-refractivity contribution in [3.05, 3.63) is 81.0 Å². The van der Waals surface area contributed by atoms with Crippen molar-refractivity contribution in [1.29, 1.82) is 0 Å². The van der Waals surface area contributed by atoms with E-state index < -0.39 is 5.82 Å². The molecule has 32 heavy (non-hydrogen) atoms. The first-order chi connectivity index (χ1) is 15.2. The number of hydrogen-bond donors (Lipinski definition) is 2. The standard InChI is InChI=1S/C24H23FN4O2S/c1-13-9-14(2)21(15(3)10-13)28-20(30)12-32-24-27-19-11-16(4)26-22(19)23(31)29(24)18-7-5-17(25)6-8-18/h5-11,26H,12H2,1-4H3,(H,28,30). The van der Waals surface area contributed by atoms with Crippen LogP contribution in [0.3, 0.4) is 0 Å². The van der Waals surface area contributed by atoms with Crippen LogP contribution in [0.15, 0.2) is 52.4 Å². The van der Waals surface area contributed by atoms with Gasteiger partial charge in [0.25, 0.3) is 5.56 Å². The molecule has 0 bridgehead atoms. The number of nitrogens with one attached hydrogen (secondary N) is 2. The molecule has 0 atom stereocenters. The zero-order valence-electron chi connectivity index (χ0n) is 18.2. The highest BCUT2D eigenvalue weighted by Gasteiger charge is 2.17. The van der Waals surface area contributed by atoms with Gasteiger partial charge in [0, 0.05) is 11.4 Å². The molecule has 0 saturated heterocycles. The lowest BCUT2D eigenvalue weighted by atomic mass is 10.1. The fraction of sp³-hybridized carbons (Fsp3) is 0.208. The van der Waals surface area contributed by atoms with Crippen LogP contribution in [0.1, 0.15) is 22.4 Å². The average molecular weight is 451 g/mol. The number of benzene rings is 2. The van der Waals surface area contributed by atoms with Crippen molar-refractivity contribution in [2.24, 2.45) is 0 Å².